The number of carbonyl (C=O) groups excluding carboxylic acids is 1. The van der Waals surface area contributed by atoms with Gasteiger partial charge in [-0.2, -0.15) is 0 Å². The quantitative estimate of drug-likeness (QED) is 0.791. The molecule has 0 radical (unpaired) electrons. The molecule has 0 saturated carbocycles. The van der Waals surface area contributed by atoms with Gasteiger partial charge < -0.3 is 13.9 Å². The van der Waals surface area contributed by atoms with Crippen molar-refractivity contribution < 1.29 is 18.7 Å². The normalized spacial score (nSPS) is 18.1. The SMILES string of the molecule is COC(=O)c1ccc(CN2CCCC2c2ccc(OC)cc2)o1. The fraction of sp³-hybridized carbons (Fsp3) is 0.389. The molecule has 0 spiro atoms. The smallest absolute Gasteiger partial charge is 0.373 e. The fourth-order valence-corrected chi connectivity index (χ4v) is 3.09. The third-order valence-corrected chi connectivity index (χ3v) is 4.27. The standard InChI is InChI=1S/C18H21NO4/c1-21-14-7-5-13(6-8-14)16-4-3-11-19(16)12-15-9-10-17(23-15)18(20)22-2/h5-10,16H,3-4,11-12H2,1-2H3. The largest absolute Gasteiger partial charge is 0.497 e. The molecular weight excluding hydrogens is 294 g/mol. The molecule has 2 aromatic rings. The van der Waals surface area contributed by atoms with Crippen LogP contribution in [0.3, 0.4) is 0 Å². The van der Waals surface area contributed by atoms with Gasteiger partial charge in [-0.25, -0.2) is 4.79 Å². The van der Waals surface area contributed by atoms with Gasteiger partial charge in [-0.05, 0) is 49.2 Å². The first kappa shape index (κ1) is 15.6. The molecule has 23 heavy (non-hydrogen) atoms. The summed E-state index contributed by atoms with van der Waals surface area (Å²) in [6.45, 7) is 1.71. The summed E-state index contributed by atoms with van der Waals surface area (Å²) in [5, 5.41) is 0. The summed E-state index contributed by atoms with van der Waals surface area (Å²) in [4.78, 5) is 13.8. The molecule has 1 atom stereocenters. The number of ether oxygens (including phenoxy) is 2. The van der Waals surface area contributed by atoms with E-state index in [0.29, 0.717) is 12.6 Å². The van der Waals surface area contributed by atoms with E-state index in [2.05, 4.69) is 21.8 Å². The molecule has 0 aliphatic carbocycles. The average Bonchev–Trinajstić information content (AvgIpc) is 3.24. The predicted octanol–water partition coefficient (Wildman–Crippen LogP) is 3.41. The third kappa shape index (κ3) is 3.40. The van der Waals surface area contributed by atoms with Crippen molar-refractivity contribution in [2.24, 2.45) is 0 Å². The maximum atomic E-state index is 11.5. The molecule has 5 nitrogen and oxygen atoms in total. The zero-order valence-corrected chi connectivity index (χ0v) is 13.5. The molecule has 122 valence electrons. The first-order valence-electron chi connectivity index (χ1n) is 7.76. The zero-order valence-electron chi connectivity index (χ0n) is 13.5. The average molecular weight is 315 g/mol. The minimum Gasteiger partial charge on any atom is -0.497 e. The van der Waals surface area contributed by atoms with Gasteiger partial charge in [0.15, 0.2) is 0 Å². The monoisotopic (exact) mass is 315 g/mol. The minimum atomic E-state index is -0.440. The highest BCUT2D eigenvalue weighted by molar-refractivity contribution is 5.86. The molecule has 1 aromatic heterocycles. The van der Waals surface area contributed by atoms with Crippen LogP contribution in [0.5, 0.6) is 5.75 Å². The molecule has 1 aliphatic heterocycles. The summed E-state index contributed by atoms with van der Waals surface area (Å²) in [6, 6.07) is 12.1. The van der Waals surface area contributed by atoms with Crippen molar-refractivity contribution in [3.63, 3.8) is 0 Å². The Kier molecular flexibility index (Phi) is 4.67. The Morgan fingerprint density at radius 3 is 2.70 bits per heavy atom. The van der Waals surface area contributed by atoms with E-state index in [1.807, 2.05) is 18.2 Å². The molecule has 2 heterocycles. The highest BCUT2D eigenvalue weighted by Gasteiger charge is 2.27. The number of furan rings is 1. The molecule has 1 saturated heterocycles. The second-order valence-corrected chi connectivity index (χ2v) is 5.66. The van der Waals surface area contributed by atoms with Crippen LogP contribution in [0, 0.1) is 0 Å². The zero-order chi connectivity index (χ0) is 16.2. The van der Waals surface area contributed by atoms with E-state index in [0.717, 1.165) is 30.9 Å². The summed E-state index contributed by atoms with van der Waals surface area (Å²) in [7, 11) is 3.03. The lowest BCUT2D eigenvalue weighted by molar-refractivity contribution is 0.0561. The molecule has 1 aromatic carbocycles. The first-order chi connectivity index (χ1) is 11.2. The summed E-state index contributed by atoms with van der Waals surface area (Å²) < 4.78 is 15.5. The molecule has 1 fully saturated rings. The van der Waals surface area contributed by atoms with Crippen molar-refractivity contribution in [3.05, 3.63) is 53.5 Å². The summed E-state index contributed by atoms with van der Waals surface area (Å²) in [5.74, 6) is 1.46. The Morgan fingerprint density at radius 1 is 1.22 bits per heavy atom. The number of rotatable bonds is 5. The molecule has 3 rings (SSSR count). The van der Waals surface area contributed by atoms with Gasteiger partial charge in [0.25, 0.3) is 0 Å². The van der Waals surface area contributed by atoms with Crippen molar-refractivity contribution in [2.75, 3.05) is 20.8 Å². The Hall–Kier alpha value is -2.27. The van der Waals surface area contributed by atoms with Crippen molar-refractivity contribution in [2.45, 2.75) is 25.4 Å². The Labute approximate surface area is 135 Å². The number of hydrogen-bond donors (Lipinski definition) is 0. The first-order valence-corrected chi connectivity index (χ1v) is 7.76. The Balaban J connectivity index is 1.71. The van der Waals surface area contributed by atoms with Crippen LogP contribution < -0.4 is 4.74 Å². The van der Waals surface area contributed by atoms with Gasteiger partial charge in [0.1, 0.15) is 11.5 Å². The Morgan fingerprint density at radius 2 is 2.00 bits per heavy atom. The molecular formula is C18H21NO4. The third-order valence-electron chi connectivity index (χ3n) is 4.27. The van der Waals surface area contributed by atoms with E-state index < -0.39 is 5.97 Å². The maximum Gasteiger partial charge on any atom is 0.373 e. The molecule has 0 bridgehead atoms. The van der Waals surface area contributed by atoms with Gasteiger partial charge in [-0.1, -0.05) is 12.1 Å². The van der Waals surface area contributed by atoms with Crippen molar-refractivity contribution in [1.29, 1.82) is 0 Å². The molecule has 5 heteroatoms. The van der Waals surface area contributed by atoms with E-state index >= 15 is 0 Å². The van der Waals surface area contributed by atoms with Gasteiger partial charge in [-0.3, -0.25) is 4.90 Å². The summed E-state index contributed by atoms with van der Waals surface area (Å²) in [6.07, 6.45) is 2.28. The molecule has 0 amide bonds. The van der Waals surface area contributed by atoms with Gasteiger partial charge in [0, 0.05) is 6.04 Å². The van der Waals surface area contributed by atoms with Crippen LogP contribution in [0.15, 0.2) is 40.8 Å². The summed E-state index contributed by atoms with van der Waals surface area (Å²) in [5.41, 5.74) is 1.28. The highest BCUT2D eigenvalue weighted by atomic mass is 16.5. The topological polar surface area (TPSA) is 51.9 Å². The fourth-order valence-electron chi connectivity index (χ4n) is 3.09. The van der Waals surface area contributed by atoms with Gasteiger partial charge in [0.05, 0.1) is 20.8 Å². The van der Waals surface area contributed by atoms with E-state index in [-0.39, 0.29) is 5.76 Å². The number of carbonyl (C=O) groups is 1. The van der Waals surface area contributed by atoms with Crippen LogP contribution in [0.25, 0.3) is 0 Å². The maximum absolute atomic E-state index is 11.5. The summed E-state index contributed by atoms with van der Waals surface area (Å²) >= 11 is 0. The molecule has 0 N–H and O–H groups in total. The van der Waals surface area contributed by atoms with Crippen molar-refractivity contribution in [1.82, 2.24) is 4.90 Å². The van der Waals surface area contributed by atoms with Gasteiger partial charge in [0.2, 0.25) is 5.76 Å². The predicted molar refractivity (Wildman–Crippen MR) is 85.4 cm³/mol. The van der Waals surface area contributed by atoms with Gasteiger partial charge in [-0.15, -0.1) is 0 Å². The number of benzene rings is 1. The van der Waals surface area contributed by atoms with Crippen LogP contribution in [-0.4, -0.2) is 31.6 Å². The van der Waals surface area contributed by atoms with Crippen LogP contribution in [-0.2, 0) is 11.3 Å². The minimum absolute atomic E-state index is 0.252. The number of esters is 1. The second-order valence-electron chi connectivity index (χ2n) is 5.66. The number of methoxy groups -OCH3 is 2. The van der Waals surface area contributed by atoms with E-state index in [1.165, 1.54) is 12.7 Å². The molecule has 1 unspecified atom stereocenters. The number of hydrogen-bond acceptors (Lipinski definition) is 5. The van der Waals surface area contributed by atoms with Crippen LogP contribution in [0.4, 0.5) is 0 Å². The Bertz CT molecular complexity index is 662. The van der Waals surface area contributed by atoms with Crippen LogP contribution >= 0.6 is 0 Å². The second kappa shape index (κ2) is 6.87. The number of likely N-dealkylation sites (tertiary alicyclic amines) is 1. The van der Waals surface area contributed by atoms with Crippen LogP contribution in [0.1, 0.15) is 40.8 Å². The lowest BCUT2D eigenvalue weighted by atomic mass is 10.0. The van der Waals surface area contributed by atoms with Gasteiger partial charge >= 0.3 is 5.97 Å². The van der Waals surface area contributed by atoms with Crippen molar-refractivity contribution in [3.8, 4) is 5.75 Å². The van der Waals surface area contributed by atoms with Crippen molar-refractivity contribution >= 4 is 5.97 Å². The molecule has 1 aliphatic rings. The van der Waals surface area contributed by atoms with E-state index in [4.69, 9.17) is 9.15 Å². The van der Waals surface area contributed by atoms with E-state index in [1.54, 1.807) is 13.2 Å². The lowest BCUT2D eigenvalue weighted by Crippen LogP contribution is -2.22. The van der Waals surface area contributed by atoms with E-state index in [9.17, 15) is 4.79 Å². The number of nitrogens with zero attached hydrogens (tertiary/aromatic N) is 1. The lowest BCUT2D eigenvalue weighted by Gasteiger charge is -2.24. The van der Waals surface area contributed by atoms with Crippen LogP contribution in [0.2, 0.25) is 0 Å². The highest BCUT2D eigenvalue weighted by Crippen LogP contribution is 2.34.